The molecule has 0 heterocycles. The second-order valence-corrected chi connectivity index (χ2v) is 11.1. The monoisotopic (exact) mass is 434 g/mol. The van der Waals surface area contributed by atoms with Crippen LogP contribution < -0.4 is 10.6 Å². The molecule has 0 aliphatic heterocycles. The first kappa shape index (κ1) is 24.0. The van der Waals surface area contributed by atoms with Crippen molar-refractivity contribution >= 4 is 11.8 Å². The van der Waals surface area contributed by atoms with Crippen LogP contribution in [0, 0.1) is 0 Å². The topological polar surface area (TPSA) is 58.2 Å². The summed E-state index contributed by atoms with van der Waals surface area (Å²) in [6.45, 7) is 13.0. The number of benzene rings is 2. The normalized spacial score (nSPS) is 19.3. The van der Waals surface area contributed by atoms with Gasteiger partial charge in [-0.2, -0.15) is 0 Å². The number of rotatable bonds is 4. The van der Waals surface area contributed by atoms with Crippen LogP contribution in [-0.4, -0.2) is 23.9 Å². The van der Waals surface area contributed by atoms with Crippen molar-refractivity contribution in [3.05, 3.63) is 70.8 Å². The highest BCUT2D eigenvalue weighted by Crippen LogP contribution is 2.24. The summed E-state index contributed by atoms with van der Waals surface area (Å²) in [5.41, 5.74) is 3.83. The Balaban J connectivity index is 1.65. The molecule has 0 aromatic heterocycles. The van der Waals surface area contributed by atoms with E-state index in [-0.39, 0.29) is 34.7 Å². The minimum Gasteiger partial charge on any atom is -0.347 e. The predicted octanol–water partition coefficient (Wildman–Crippen LogP) is 5.75. The van der Waals surface area contributed by atoms with Gasteiger partial charge in [-0.1, -0.05) is 78.6 Å². The van der Waals surface area contributed by atoms with Gasteiger partial charge < -0.3 is 10.6 Å². The van der Waals surface area contributed by atoms with Gasteiger partial charge in [0.1, 0.15) is 0 Å². The Morgan fingerprint density at radius 1 is 0.625 bits per heavy atom. The van der Waals surface area contributed by atoms with Crippen LogP contribution in [0.1, 0.15) is 99.1 Å². The highest BCUT2D eigenvalue weighted by Gasteiger charge is 2.28. The van der Waals surface area contributed by atoms with Gasteiger partial charge in [0.05, 0.1) is 0 Å². The third kappa shape index (κ3) is 5.99. The molecule has 1 saturated carbocycles. The summed E-state index contributed by atoms with van der Waals surface area (Å²) in [6.07, 6.45) is 3.86. The van der Waals surface area contributed by atoms with E-state index in [2.05, 4.69) is 52.2 Å². The molecule has 0 unspecified atom stereocenters. The molecule has 1 aliphatic rings. The predicted molar refractivity (Wildman–Crippen MR) is 131 cm³/mol. The third-order valence-corrected chi connectivity index (χ3v) is 6.43. The molecule has 2 atom stereocenters. The number of amides is 2. The number of hydrogen-bond acceptors (Lipinski definition) is 2. The van der Waals surface area contributed by atoms with E-state index in [0.29, 0.717) is 11.1 Å². The van der Waals surface area contributed by atoms with Crippen LogP contribution in [0.25, 0.3) is 0 Å². The van der Waals surface area contributed by atoms with Gasteiger partial charge in [0.2, 0.25) is 0 Å². The maximum atomic E-state index is 12.9. The molecule has 2 amide bonds. The van der Waals surface area contributed by atoms with Gasteiger partial charge in [0, 0.05) is 23.2 Å². The lowest BCUT2D eigenvalue weighted by Gasteiger charge is -2.33. The molecule has 0 bridgehead atoms. The van der Waals surface area contributed by atoms with Crippen molar-refractivity contribution in [2.24, 2.45) is 0 Å². The van der Waals surface area contributed by atoms with Crippen molar-refractivity contribution in [3.8, 4) is 0 Å². The molecule has 3 rings (SSSR count). The van der Waals surface area contributed by atoms with Crippen molar-refractivity contribution in [3.63, 3.8) is 0 Å². The molecular weight excluding hydrogens is 396 g/mol. The molecular formula is C28H38N2O2. The lowest BCUT2D eigenvalue weighted by atomic mass is 9.86. The largest absolute Gasteiger partial charge is 0.347 e. The molecule has 2 aromatic carbocycles. The molecule has 2 aromatic rings. The Morgan fingerprint density at radius 2 is 0.938 bits per heavy atom. The molecule has 4 heteroatoms. The first-order chi connectivity index (χ1) is 14.9. The summed E-state index contributed by atoms with van der Waals surface area (Å²) in [7, 11) is 0. The number of carbonyl (C=O) groups is 2. The van der Waals surface area contributed by atoms with Crippen molar-refractivity contribution < 1.29 is 9.59 Å². The lowest BCUT2D eigenvalue weighted by molar-refractivity contribution is 0.0863. The summed E-state index contributed by atoms with van der Waals surface area (Å²) < 4.78 is 0. The zero-order valence-corrected chi connectivity index (χ0v) is 20.4. The zero-order chi connectivity index (χ0) is 23.5. The Labute approximate surface area is 193 Å². The van der Waals surface area contributed by atoms with Crippen molar-refractivity contribution in [2.75, 3.05) is 0 Å². The van der Waals surface area contributed by atoms with Crippen molar-refractivity contribution in [1.82, 2.24) is 10.6 Å². The summed E-state index contributed by atoms with van der Waals surface area (Å²) >= 11 is 0. The fourth-order valence-corrected chi connectivity index (χ4v) is 4.22. The van der Waals surface area contributed by atoms with E-state index < -0.39 is 0 Å². The second-order valence-electron chi connectivity index (χ2n) is 11.1. The van der Waals surface area contributed by atoms with Crippen LogP contribution >= 0.6 is 0 Å². The fraction of sp³-hybridized carbons (Fsp3) is 0.500. The SMILES string of the molecule is CC(C)(C)c1ccc(C(=O)N[C@H]2CCCC[C@H]2NC(=O)c2ccc(C(C)(C)C)cc2)cc1. The minimum absolute atomic E-state index is 0.0544. The van der Waals surface area contributed by atoms with E-state index in [1.165, 1.54) is 11.1 Å². The van der Waals surface area contributed by atoms with Crippen LogP contribution in [0.2, 0.25) is 0 Å². The first-order valence-electron chi connectivity index (χ1n) is 11.8. The average molecular weight is 435 g/mol. The van der Waals surface area contributed by atoms with Gasteiger partial charge >= 0.3 is 0 Å². The smallest absolute Gasteiger partial charge is 0.251 e. The van der Waals surface area contributed by atoms with Crippen molar-refractivity contribution in [1.29, 1.82) is 0 Å². The van der Waals surface area contributed by atoms with Crippen molar-refractivity contribution in [2.45, 2.75) is 90.1 Å². The summed E-state index contributed by atoms with van der Waals surface area (Å²) in [4.78, 5) is 25.8. The van der Waals surface area contributed by atoms with Crippen LogP contribution in [0.4, 0.5) is 0 Å². The molecule has 1 aliphatic carbocycles. The maximum absolute atomic E-state index is 12.9. The standard InChI is InChI=1S/C28H38N2O2/c1-27(2,3)21-15-11-19(12-16-21)25(31)29-23-9-7-8-10-24(23)30-26(32)20-13-17-22(18-14-20)28(4,5)6/h11-18,23-24H,7-10H2,1-6H3,(H,29,31)(H,30,32)/t23-,24+. The van der Waals surface area contributed by atoms with E-state index in [4.69, 9.17) is 0 Å². The van der Waals surface area contributed by atoms with Gasteiger partial charge in [-0.3, -0.25) is 9.59 Å². The fourth-order valence-electron chi connectivity index (χ4n) is 4.22. The number of hydrogen-bond donors (Lipinski definition) is 2. The van der Waals surface area contributed by atoms with Gasteiger partial charge in [0.15, 0.2) is 0 Å². The van der Waals surface area contributed by atoms with Gasteiger partial charge in [-0.15, -0.1) is 0 Å². The van der Waals surface area contributed by atoms with Gasteiger partial charge in [-0.25, -0.2) is 0 Å². The Hall–Kier alpha value is -2.62. The van der Waals surface area contributed by atoms with E-state index in [1.54, 1.807) is 0 Å². The molecule has 4 nitrogen and oxygen atoms in total. The number of carbonyl (C=O) groups excluding carboxylic acids is 2. The van der Waals surface area contributed by atoms with Gasteiger partial charge in [-0.05, 0) is 59.1 Å². The lowest BCUT2D eigenvalue weighted by Crippen LogP contribution is -2.53. The van der Waals surface area contributed by atoms with E-state index in [9.17, 15) is 9.59 Å². The molecule has 172 valence electrons. The van der Waals surface area contributed by atoms with Crippen LogP contribution in [0.3, 0.4) is 0 Å². The van der Waals surface area contributed by atoms with Gasteiger partial charge in [0.25, 0.3) is 11.8 Å². The number of nitrogens with one attached hydrogen (secondary N) is 2. The average Bonchev–Trinajstić information content (AvgIpc) is 2.74. The Kier molecular flexibility index (Phi) is 7.12. The van der Waals surface area contributed by atoms with E-state index in [0.717, 1.165) is 25.7 Å². The molecule has 32 heavy (non-hydrogen) atoms. The van der Waals surface area contributed by atoms with Crippen LogP contribution in [0.5, 0.6) is 0 Å². The summed E-state index contributed by atoms with van der Waals surface area (Å²) in [5, 5.41) is 6.35. The summed E-state index contributed by atoms with van der Waals surface area (Å²) in [5.74, 6) is -0.155. The van der Waals surface area contributed by atoms with Crippen LogP contribution in [0.15, 0.2) is 48.5 Å². The Morgan fingerprint density at radius 3 is 1.22 bits per heavy atom. The molecule has 2 N–H and O–H groups in total. The van der Waals surface area contributed by atoms with Crippen LogP contribution in [-0.2, 0) is 10.8 Å². The molecule has 1 fully saturated rings. The summed E-state index contributed by atoms with van der Waals surface area (Å²) in [6, 6.07) is 15.5. The first-order valence-corrected chi connectivity index (χ1v) is 11.8. The molecule has 0 spiro atoms. The quantitative estimate of drug-likeness (QED) is 0.643. The second kappa shape index (κ2) is 9.48. The highest BCUT2D eigenvalue weighted by atomic mass is 16.2. The minimum atomic E-state index is -0.0776. The van der Waals surface area contributed by atoms with E-state index >= 15 is 0 Å². The molecule has 0 radical (unpaired) electrons. The molecule has 0 saturated heterocycles. The maximum Gasteiger partial charge on any atom is 0.251 e. The highest BCUT2D eigenvalue weighted by molar-refractivity contribution is 5.95. The van der Waals surface area contributed by atoms with E-state index in [1.807, 2.05) is 48.5 Å². The Bertz CT molecular complexity index is 852. The zero-order valence-electron chi connectivity index (χ0n) is 20.4. The third-order valence-electron chi connectivity index (χ3n) is 6.43.